The van der Waals surface area contributed by atoms with Crippen molar-refractivity contribution in [3.8, 4) is 0 Å². The minimum Gasteiger partial charge on any atom is -0.355 e. The monoisotopic (exact) mass is 433 g/mol. The lowest BCUT2D eigenvalue weighted by molar-refractivity contribution is -0.148. The highest BCUT2D eigenvalue weighted by atomic mass is 16.5. The number of nitrogens with one attached hydrogen (secondary N) is 1. The second-order valence-corrected chi connectivity index (χ2v) is 9.27. The van der Waals surface area contributed by atoms with Gasteiger partial charge in [0.15, 0.2) is 5.72 Å². The molecule has 2 aromatic rings. The predicted molar refractivity (Wildman–Crippen MR) is 122 cm³/mol. The topological polar surface area (TPSA) is 61.9 Å². The van der Waals surface area contributed by atoms with Crippen LogP contribution in [-0.4, -0.2) is 48.0 Å². The van der Waals surface area contributed by atoms with E-state index < -0.39 is 5.72 Å². The fourth-order valence-electron chi connectivity index (χ4n) is 5.77. The third-order valence-corrected chi connectivity index (χ3v) is 7.60. The van der Waals surface area contributed by atoms with Crippen molar-refractivity contribution in [2.45, 2.75) is 50.4 Å². The third kappa shape index (κ3) is 3.47. The van der Waals surface area contributed by atoms with Gasteiger partial charge in [0, 0.05) is 31.8 Å². The van der Waals surface area contributed by atoms with Crippen LogP contribution in [-0.2, 0) is 21.7 Å². The van der Waals surface area contributed by atoms with Gasteiger partial charge in [-0.05, 0) is 43.7 Å². The minimum absolute atomic E-state index is 0.0463. The lowest BCUT2D eigenvalue weighted by Gasteiger charge is -2.51. The van der Waals surface area contributed by atoms with Crippen LogP contribution >= 0.6 is 0 Å². The SMILES string of the molecule is CO[C@@](C)(NC(=O)N1CCC[C@@H]2C(=O)N3CCc4ccccc4[C@@H]3C[C@@H]21)c1ccccc1. The van der Waals surface area contributed by atoms with Gasteiger partial charge in [0.2, 0.25) is 5.91 Å². The Bertz CT molecular complexity index is 1010. The molecule has 3 aliphatic rings. The number of fused-ring (bicyclic) bond motifs is 4. The molecule has 2 fully saturated rings. The summed E-state index contributed by atoms with van der Waals surface area (Å²) in [6.45, 7) is 3.29. The van der Waals surface area contributed by atoms with Gasteiger partial charge < -0.3 is 19.9 Å². The molecule has 2 aromatic carbocycles. The average molecular weight is 434 g/mol. The average Bonchev–Trinajstić information content (AvgIpc) is 2.84. The summed E-state index contributed by atoms with van der Waals surface area (Å²) in [5.74, 6) is 0.0809. The quantitative estimate of drug-likeness (QED) is 0.749. The van der Waals surface area contributed by atoms with Crippen LogP contribution in [0.15, 0.2) is 54.6 Å². The molecule has 5 rings (SSSR count). The van der Waals surface area contributed by atoms with Crippen LogP contribution in [0.3, 0.4) is 0 Å². The van der Waals surface area contributed by atoms with Crippen molar-refractivity contribution in [1.82, 2.24) is 15.1 Å². The lowest BCUT2D eigenvalue weighted by Crippen LogP contribution is -2.62. The first-order valence-electron chi connectivity index (χ1n) is 11.6. The summed E-state index contributed by atoms with van der Waals surface area (Å²) in [5.41, 5.74) is 2.51. The molecule has 3 heterocycles. The number of urea groups is 1. The summed E-state index contributed by atoms with van der Waals surface area (Å²) < 4.78 is 5.74. The van der Waals surface area contributed by atoms with Crippen LogP contribution in [0.5, 0.6) is 0 Å². The minimum atomic E-state index is -0.937. The van der Waals surface area contributed by atoms with Crippen molar-refractivity contribution in [3.63, 3.8) is 0 Å². The van der Waals surface area contributed by atoms with Gasteiger partial charge in [-0.2, -0.15) is 0 Å². The van der Waals surface area contributed by atoms with Crippen LogP contribution < -0.4 is 5.32 Å². The van der Waals surface area contributed by atoms with Crippen LogP contribution in [0.2, 0.25) is 0 Å². The molecule has 0 spiro atoms. The van der Waals surface area contributed by atoms with Gasteiger partial charge in [-0.25, -0.2) is 4.79 Å². The Morgan fingerprint density at radius 1 is 1.09 bits per heavy atom. The first-order chi connectivity index (χ1) is 15.5. The molecular weight excluding hydrogens is 402 g/mol. The summed E-state index contributed by atoms with van der Waals surface area (Å²) in [5, 5.41) is 3.11. The Balaban J connectivity index is 1.41. The van der Waals surface area contributed by atoms with E-state index in [1.165, 1.54) is 11.1 Å². The van der Waals surface area contributed by atoms with Gasteiger partial charge in [-0.15, -0.1) is 0 Å². The maximum absolute atomic E-state index is 13.5. The van der Waals surface area contributed by atoms with Gasteiger partial charge in [-0.3, -0.25) is 4.79 Å². The summed E-state index contributed by atoms with van der Waals surface area (Å²) in [6, 6.07) is 17.9. The van der Waals surface area contributed by atoms with Crippen molar-refractivity contribution >= 4 is 11.9 Å². The number of amides is 3. The van der Waals surface area contributed by atoms with E-state index in [9.17, 15) is 9.59 Å². The molecule has 0 bridgehead atoms. The molecule has 168 valence electrons. The summed E-state index contributed by atoms with van der Waals surface area (Å²) in [7, 11) is 1.60. The molecule has 2 saturated heterocycles. The smallest absolute Gasteiger partial charge is 0.320 e. The zero-order chi connectivity index (χ0) is 22.3. The van der Waals surface area contributed by atoms with Crippen molar-refractivity contribution in [1.29, 1.82) is 0 Å². The van der Waals surface area contributed by atoms with Gasteiger partial charge in [0.25, 0.3) is 0 Å². The van der Waals surface area contributed by atoms with Crippen molar-refractivity contribution in [2.75, 3.05) is 20.2 Å². The van der Waals surface area contributed by atoms with Gasteiger partial charge >= 0.3 is 6.03 Å². The molecule has 4 atom stereocenters. The van der Waals surface area contributed by atoms with E-state index in [1.54, 1.807) is 7.11 Å². The standard InChI is InChI=1S/C26H31N3O3/c1-26(32-2,19-10-4-3-5-11-19)27-25(31)29-15-8-13-21-23(29)17-22-20-12-7-6-9-18(20)14-16-28(22)24(21)30/h3-7,9-12,21-23H,8,13-17H2,1-2H3,(H,27,31)/t21-,22-,23-,26+/m0/s1. The highest BCUT2D eigenvalue weighted by Gasteiger charge is 2.49. The summed E-state index contributed by atoms with van der Waals surface area (Å²) >= 11 is 0. The highest BCUT2D eigenvalue weighted by Crippen LogP contribution is 2.43. The van der Waals surface area contributed by atoms with Crippen molar-refractivity contribution in [3.05, 3.63) is 71.3 Å². The van der Waals surface area contributed by atoms with E-state index in [4.69, 9.17) is 4.74 Å². The first kappa shape index (κ1) is 21.0. The molecule has 32 heavy (non-hydrogen) atoms. The van der Waals surface area contributed by atoms with E-state index in [2.05, 4.69) is 28.4 Å². The van der Waals surface area contributed by atoms with Crippen LogP contribution in [0.4, 0.5) is 4.79 Å². The van der Waals surface area contributed by atoms with Gasteiger partial charge in [0.05, 0.1) is 12.0 Å². The van der Waals surface area contributed by atoms with E-state index in [0.717, 1.165) is 37.8 Å². The Morgan fingerprint density at radius 2 is 1.84 bits per heavy atom. The first-order valence-corrected chi connectivity index (χ1v) is 11.6. The summed E-state index contributed by atoms with van der Waals surface area (Å²) in [4.78, 5) is 31.0. The predicted octanol–water partition coefficient (Wildman–Crippen LogP) is 3.83. The number of piperidine rings is 2. The number of nitrogens with zero attached hydrogens (tertiary/aromatic N) is 2. The van der Waals surface area contributed by atoms with E-state index in [0.29, 0.717) is 6.54 Å². The number of hydrogen-bond acceptors (Lipinski definition) is 3. The molecule has 0 radical (unpaired) electrons. The summed E-state index contributed by atoms with van der Waals surface area (Å²) in [6.07, 6.45) is 3.38. The maximum atomic E-state index is 13.5. The Hall–Kier alpha value is -2.86. The van der Waals surface area contributed by atoms with Crippen molar-refractivity contribution < 1.29 is 14.3 Å². The molecule has 0 aliphatic carbocycles. The third-order valence-electron chi connectivity index (χ3n) is 7.60. The number of carbonyl (C=O) groups excluding carboxylic acids is 2. The zero-order valence-electron chi connectivity index (χ0n) is 18.8. The fourth-order valence-corrected chi connectivity index (χ4v) is 5.77. The molecule has 1 N–H and O–H groups in total. The Morgan fingerprint density at radius 3 is 2.62 bits per heavy atom. The molecule has 3 amide bonds. The normalized spacial score (nSPS) is 26.4. The number of rotatable bonds is 3. The van der Waals surface area contributed by atoms with E-state index >= 15 is 0 Å². The second-order valence-electron chi connectivity index (χ2n) is 9.27. The largest absolute Gasteiger partial charge is 0.355 e. The maximum Gasteiger partial charge on any atom is 0.320 e. The van der Waals surface area contributed by atoms with Gasteiger partial charge in [0.1, 0.15) is 0 Å². The van der Waals surface area contributed by atoms with Crippen LogP contribution in [0.25, 0.3) is 0 Å². The highest BCUT2D eigenvalue weighted by molar-refractivity contribution is 5.84. The Kier molecular flexibility index (Phi) is 5.41. The molecule has 0 saturated carbocycles. The molecule has 3 aliphatic heterocycles. The molecule has 0 aromatic heterocycles. The number of methoxy groups -OCH3 is 1. The van der Waals surface area contributed by atoms with E-state index in [1.807, 2.05) is 48.2 Å². The molecule has 6 nitrogen and oxygen atoms in total. The second kappa shape index (κ2) is 8.24. The van der Waals surface area contributed by atoms with Crippen LogP contribution in [0, 0.1) is 5.92 Å². The fraction of sp³-hybridized carbons (Fsp3) is 0.462. The Labute approximate surface area is 189 Å². The zero-order valence-corrected chi connectivity index (χ0v) is 18.8. The number of ether oxygens (including phenoxy) is 1. The molecular formula is C26H31N3O3. The number of carbonyl (C=O) groups is 2. The number of hydrogen-bond donors (Lipinski definition) is 1. The molecule has 0 unspecified atom stereocenters. The van der Waals surface area contributed by atoms with E-state index in [-0.39, 0.29) is 29.9 Å². The van der Waals surface area contributed by atoms with Crippen molar-refractivity contribution in [2.24, 2.45) is 5.92 Å². The number of likely N-dealkylation sites (tertiary alicyclic amines) is 1. The molecule has 6 heteroatoms. The van der Waals surface area contributed by atoms with Crippen LogP contribution in [0.1, 0.15) is 48.9 Å². The number of benzene rings is 2. The lowest BCUT2D eigenvalue weighted by atomic mass is 9.76. The van der Waals surface area contributed by atoms with Gasteiger partial charge in [-0.1, -0.05) is 54.6 Å².